The molecule has 0 aliphatic rings. The van der Waals surface area contributed by atoms with Gasteiger partial charge in [0.25, 0.3) is 0 Å². The molecule has 0 spiro atoms. The molecule has 216 valence electrons. The van der Waals surface area contributed by atoms with Gasteiger partial charge in [0.1, 0.15) is 16.7 Å². The van der Waals surface area contributed by atoms with Gasteiger partial charge in [0, 0.05) is 44.2 Å². The minimum atomic E-state index is -0.0556. The molecule has 0 atom stereocenters. The van der Waals surface area contributed by atoms with Crippen molar-refractivity contribution in [1.82, 2.24) is 0 Å². The highest BCUT2D eigenvalue weighted by Crippen LogP contribution is 2.48. The van der Waals surface area contributed by atoms with Crippen LogP contribution in [0.25, 0.3) is 65.4 Å². The summed E-state index contributed by atoms with van der Waals surface area (Å²) in [4.78, 5) is 2.33. The molecule has 0 aliphatic carbocycles. The van der Waals surface area contributed by atoms with Gasteiger partial charge >= 0.3 is 0 Å². The first-order chi connectivity index (χ1) is 22.0. The van der Waals surface area contributed by atoms with Gasteiger partial charge in [0.2, 0.25) is 0 Å². The van der Waals surface area contributed by atoms with Gasteiger partial charge in [-0.1, -0.05) is 118 Å². The average Bonchev–Trinajstić information content (AvgIpc) is 3.62. The summed E-state index contributed by atoms with van der Waals surface area (Å²) in [5.74, 6) is 0. The summed E-state index contributed by atoms with van der Waals surface area (Å²) in [6.45, 7) is 6.72. The highest BCUT2D eigenvalue weighted by molar-refractivity contribution is 6.24. The summed E-state index contributed by atoms with van der Waals surface area (Å²) >= 11 is 0. The number of furan rings is 2. The highest BCUT2D eigenvalue weighted by atomic mass is 16.3. The molecule has 0 aliphatic heterocycles. The molecule has 0 fully saturated rings. The highest BCUT2D eigenvalue weighted by Gasteiger charge is 2.25. The van der Waals surface area contributed by atoms with E-state index in [1.54, 1.807) is 0 Å². The largest absolute Gasteiger partial charge is 0.456 e. The Morgan fingerprint density at radius 3 is 1.89 bits per heavy atom. The molecule has 0 bridgehead atoms. The molecule has 2 heterocycles. The molecular formula is C42H31NO2. The second-order valence-corrected chi connectivity index (χ2v) is 13.0. The van der Waals surface area contributed by atoms with E-state index in [0.29, 0.717) is 0 Å². The van der Waals surface area contributed by atoms with Crippen molar-refractivity contribution in [2.24, 2.45) is 0 Å². The molecule has 3 nitrogen and oxygen atoms in total. The third-order valence-corrected chi connectivity index (χ3v) is 9.13. The molecule has 2 aromatic heterocycles. The molecule has 7 aromatic carbocycles. The lowest BCUT2D eigenvalue weighted by Gasteiger charge is -2.27. The fraction of sp³-hybridized carbons (Fsp3) is 0.0952. The number of rotatable bonds is 3. The van der Waals surface area contributed by atoms with Crippen LogP contribution in [0.5, 0.6) is 0 Å². The van der Waals surface area contributed by atoms with Crippen molar-refractivity contribution in [2.75, 3.05) is 4.90 Å². The SMILES string of the molecule is CC(C)(C)c1cccc2c1oc1c(N(c3ccccc3)c3cc4oc5cc6ccccc6cc5c4c4ccccc34)cccc12. The predicted octanol–water partition coefficient (Wildman–Crippen LogP) is 12.6. The van der Waals surface area contributed by atoms with Crippen LogP contribution >= 0.6 is 0 Å². The van der Waals surface area contributed by atoms with Gasteiger partial charge in [0.15, 0.2) is 5.58 Å². The Labute approximate surface area is 260 Å². The van der Waals surface area contributed by atoms with Crippen LogP contribution in [-0.4, -0.2) is 0 Å². The van der Waals surface area contributed by atoms with Crippen LogP contribution in [0.15, 0.2) is 142 Å². The average molecular weight is 582 g/mol. The smallest absolute Gasteiger partial charge is 0.159 e. The van der Waals surface area contributed by atoms with Gasteiger partial charge < -0.3 is 13.7 Å². The van der Waals surface area contributed by atoms with E-state index in [1.165, 1.54) is 16.3 Å². The second kappa shape index (κ2) is 9.48. The zero-order valence-corrected chi connectivity index (χ0v) is 25.5. The predicted molar refractivity (Wildman–Crippen MR) is 189 cm³/mol. The number of benzene rings is 7. The summed E-state index contributed by atoms with van der Waals surface area (Å²) < 4.78 is 13.6. The minimum Gasteiger partial charge on any atom is -0.456 e. The van der Waals surface area contributed by atoms with Crippen LogP contribution in [0.3, 0.4) is 0 Å². The van der Waals surface area contributed by atoms with Gasteiger partial charge in [-0.2, -0.15) is 0 Å². The summed E-state index contributed by atoms with van der Waals surface area (Å²) in [5, 5.41) is 9.20. The number of hydrogen-bond acceptors (Lipinski definition) is 3. The number of hydrogen-bond donors (Lipinski definition) is 0. The Morgan fingerprint density at radius 1 is 0.467 bits per heavy atom. The molecule has 45 heavy (non-hydrogen) atoms. The molecule has 0 N–H and O–H groups in total. The molecule has 9 rings (SSSR count). The van der Waals surface area contributed by atoms with E-state index in [9.17, 15) is 0 Å². The monoisotopic (exact) mass is 581 g/mol. The Hall–Kier alpha value is -5.54. The zero-order valence-electron chi connectivity index (χ0n) is 25.5. The van der Waals surface area contributed by atoms with Gasteiger partial charge in [-0.3, -0.25) is 0 Å². The molecule has 0 saturated carbocycles. The lowest BCUT2D eigenvalue weighted by molar-refractivity contribution is 0.573. The summed E-state index contributed by atoms with van der Waals surface area (Å²) in [5.41, 5.74) is 7.80. The summed E-state index contributed by atoms with van der Waals surface area (Å²) in [7, 11) is 0. The van der Waals surface area contributed by atoms with Crippen LogP contribution in [0, 0.1) is 0 Å². The fourth-order valence-electron chi connectivity index (χ4n) is 7.05. The maximum atomic E-state index is 6.89. The third-order valence-electron chi connectivity index (χ3n) is 9.13. The fourth-order valence-corrected chi connectivity index (χ4v) is 7.05. The van der Waals surface area contributed by atoms with E-state index in [4.69, 9.17) is 8.83 Å². The summed E-state index contributed by atoms with van der Waals surface area (Å²) in [6.07, 6.45) is 0. The molecule has 3 heteroatoms. The quantitative estimate of drug-likeness (QED) is 0.208. The van der Waals surface area contributed by atoms with Crippen molar-refractivity contribution in [1.29, 1.82) is 0 Å². The maximum Gasteiger partial charge on any atom is 0.159 e. The van der Waals surface area contributed by atoms with E-state index < -0.39 is 0 Å². The topological polar surface area (TPSA) is 29.5 Å². The van der Waals surface area contributed by atoms with Crippen LogP contribution < -0.4 is 4.90 Å². The molecule has 9 aromatic rings. The number of para-hydroxylation sites is 3. The van der Waals surface area contributed by atoms with Crippen LogP contribution in [0.4, 0.5) is 17.1 Å². The molecule has 0 radical (unpaired) electrons. The maximum absolute atomic E-state index is 6.89. The standard InChI is InChI=1S/C42H31NO2/c1-42(2,3)34-21-11-19-31-32-20-12-22-35(41(32)45-40(31)34)43(28-15-5-4-6-16-28)36-25-38-39(30-18-10-9-17-29(30)36)33-23-26-13-7-8-14-27(26)24-37(33)44-38/h4-25H,1-3H3. The molecular weight excluding hydrogens is 550 g/mol. The van der Waals surface area contributed by atoms with Crippen molar-refractivity contribution in [3.63, 3.8) is 0 Å². The normalized spacial score (nSPS) is 12.3. The van der Waals surface area contributed by atoms with Gasteiger partial charge in [-0.05, 0) is 51.9 Å². The molecule has 0 amide bonds. The zero-order chi connectivity index (χ0) is 30.3. The second-order valence-electron chi connectivity index (χ2n) is 13.0. The van der Waals surface area contributed by atoms with Crippen molar-refractivity contribution >= 4 is 82.5 Å². The van der Waals surface area contributed by atoms with E-state index >= 15 is 0 Å². The lowest BCUT2D eigenvalue weighted by atomic mass is 9.86. The molecule has 0 saturated heterocycles. The number of nitrogens with zero attached hydrogens (tertiary/aromatic N) is 1. The Morgan fingerprint density at radius 2 is 1.11 bits per heavy atom. The Bertz CT molecular complexity index is 2580. The first-order valence-corrected chi connectivity index (χ1v) is 15.5. The number of anilines is 3. The van der Waals surface area contributed by atoms with Crippen molar-refractivity contribution in [3.05, 3.63) is 139 Å². The van der Waals surface area contributed by atoms with E-state index in [-0.39, 0.29) is 5.41 Å². The molecule has 0 unspecified atom stereocenters. The summed E-state index contributed by atoms with van der Waals surface area (Å²) in [6, 6.07) is 47.3. The van der Waals surface area contributed by atoms with Crippen LogP contribution in [0.1, 0.15) is 26.3 Å². The first-order valence-electron chi connectivity index (χ1n) is 15.5. The minimum absolute atomic E-state index is 0.0556. The number of fused-ring (bicyclic) bond motifs is 9. The van der Waals surface area contributed by atoms with Gasteiger partial charge in [-0.25, -0.2) is 0 Å². The van der Waals surface area contributed by atoms with E-state index in [1.807, 2.05) is 0 Å². The first kappa shape index (κ1) is 25.9. The van der Waals surface area contributed by atoms with Crippen molar-refractivity contribution < 1.29 is 8.83 Å². The van der Waals surface area contributed by atoms with Crippen molar-refractivity contribution in [3.8, 4) is 0 Å². The Balaban J connectivity index is 1.39. The van der Waals surface area contributed by atoms with E-state index in [0.717, 1.165) is 71.7 Å². The lowest BCUT2D eigenvalue weighted by Crippen LogP contribution is -2.11. The third kappa shape index (κ3) is 3.90. The van der Waals surface area contributed by atoms with E-state index in [2.05, 4.69) is 159 Å². The Kier molecular flexibility index (Phi) is 5.46. The van der Waals surface area contributed by atoms with Crippen LogP contribution in [-0.2, 0) is 5.41 Å². The van der Waals surface area contributed by atoms with Gasteiger partial charge in [0.05, 0.1) is 11.4 Å². The van der Waals surface area contributed by atoms with Crippen LogP contribution in [0.2, 0.25) is 0 Å². The van der Waals surface area contributed by atoms with Gasteiger partial charge in [-0.15, -0.1) is 0 Å². The van der Waals surface area contributed by atoms with Crippen molar-refractivity contribution in [2.45, 2.75) is 26.2 Å².